The highest BCUT2D eigenvalue weighted by molar-refractivity contribution is 5.94. The van der Waals surface area contributed by atoms with E-state index in [-0.39, 0.29) is 5.91 Å². The summed E-state index contributed by atoms with van der Waals surface area (Å²) in [4.78, 5) is 28.6. The quantitative estimate of drug-likeness (QED) is 0.641. The molecule has 10 nitrogen and oxygen atoms in total. The number of nitrogens with zero attached hydrogens (tertiary/aromatic N) is 2. The van der Waals surface area contributed by atoms with Crippen LogP contribution in [0.4, 0.5) is 4.79 Å². The van der Waals surface area contributed by atoms with Gasteiger partial charge in [-0.1, -0.05) is 0 Å². The van der Waals surface area contributed by atoms with Crippen molar-refractivity contribution in [1.82, 2.24) is 9.88 Å². The van der Waals surface area contributed by atoms with Gasteiger partial charge in [0.2, 0.25) is 5.89 Å². The summed E-state index contributed by atoms with van der Waals surface area (Å²) in [5.41, 5.74) is 11.5. The van der Waals surface area contributed by atoms with Gasteiger partial charge in [-0.15, -0.1) is 0 Å². The molecule has 1 saturated heterocycles. The average Bonchev–Trinajstić information content (AvgIpc) is 3.27. The van der Waals surface area contributed by atoms with Crippen molar-refractivity contribution in [2.75, 3.05) is 33.9 Å². The topological polar surface area (TPSA) is 143 Å². The van der Waals surface area contributed by atoms with Gasteiger partial charge in [-0.05, 0) is 56.7 Å². The molecule has 1 aromatic heterocycles. The van der Waals surface area contributed by atoms with E-state index in [9.17, 15) is 9.59 Å². The van der Waals surface area contributed by atoms with Gasteiger partial charge in [0.05, 0.1) is 26.9 Å². The number of ether oxygens (including phenoxy) is 3. The van der Waals surface area contributed by atoms with Crippen LogP contribution < -0.4 is 20.9 Å². The van der Waals surface area contributed by atoms with Crippen molar-refractivity contribution < 1.29 is 28.2 Å². The van der Waals surface area contributed by atoms with Crippen molar-refractivity contribution in [3.8, 4) is 23.0 Å². The molecule has 2 aliphatic rings. The first-order valence-electron chi connectivity index (χ1n) is 11.0. The van der Waals surface area contributed by atoms with E-state index in [0.29, 0.717) is 41.4 Å². The van der Waals surface area contributed by atoms with Gasteiger partial charge in [-0.2, -0.15) is 0 Å². The largest absolute Gasteiger partial charge is 0.493 e. The monoisotopic (exact) mass is 460 g/mol. The minimum absolute atomic E-state index is 0.112. The molecule has 10 heteroatoms. The Morgan fingerprint density at radius 1 is 1.21 bits per heavy atom. The number of aromatic nitrogens is 1. The maximum atomic E-state index is 12.9. The van der Waals surface area contributed by atoms with Crippen LogP contribution in [-0.4, -0.2) is 55.8 Å². The van der Waals surface area contributed by atoms with Crippen LogP contribution in [0.3, 0.4) is 0 Å². The van der Waals surface area contributed by atoms with Crippen molar-refractivity contribution >= 4 is 12.0 Å². The zero-order valence-electron chi connectivity index (χ0n) is 19.3. The van der Waals surface area contributed by atoms with Crippen LogP contribution >= 0.6 is 0 Å². The lowest BCUT2D eigenvalue weighted by molar-refractivity contribution is 0.0784. The van der Waals surface area contributed by atoms with E-state index in [1.165, 1.54) is 20.0 Å². The highest BCUT2D eigenvalue weighted by Gasteiger charge is 2.29. The zero-order valence-corrected chi connectivity index (χ0v) is 19.3. The third kappa shape index (κ3) is 6.38. The molecule has 2 heterocycles. The molecule has 1 aromatic carbocycles. The molecule has 4 N–H and O–H groups in total. The summed E-state index contributed by atoms with van der Waals surface area (Å²) in [6.45, 7) is 3.97. The number of rotatable bonds is 7. The lowest BCUT2D eigenvalue weighted by Gasteiger charge is -2.14. The number of methoxy groups -OCH3 is 2. The first-order valence-corrected chi connectivity index (χ1v) is 11.0. The Balaban J connectivity index is 0.000000555. The number of benzene rings is 1. The van der Waals surface area contributed by atoms with Gasteiger partial charge in [0, 0.05) is 18.7 Å². The van der Waals surface area contributed by atoms with Crippen LogP contribution in [0.15, 0.2) is 22.6 Å². The number of carbonyl (C=O) groups excluding carboxylic acids is 2. The molecule has 2 amide bonds. The lowest BCUT2D eigenvalue weighted by Crippen LogP contribution is -2.29. The molecule has 0 spiro atoms. The number of primary amides is 1. The summed E-state index contributed by atoms with van der Waals surface area (Å²) in [7, 11) is 2.84. The number of carbonyl (C=O) groups is 2. The normalized spacial score (nSPS) is 15.9. The Labute approximate surface area is 193 Å². The molecule has 1 aliphatic carbocycles. The van der Waals surface area contributed by atoms with Gasteiger partial charge in [-0.3, -0.25) is 4.79 Å². The van der Waals surface area contributed by atoms with Crippen molar-refractivity contribution in [3.05, 3.63) is 29.7 Å². The maximum Gasteiger partial charge on any atom is 0.404 e. The summed E-state index contributed by atoms with van der Waals surface area (Å²) < 4.78 is 21.2. The number of nitrogens with two attached hydrogens (primary N) is 2. The van der Waals surface area contributed by atoms with Crippen LogP contribution in [0.5, 0.6) is 11.5 Å². The fourth-order valence-electron chi connectivity index (χ4n) is 3.40. The smallest absolute Gasteiger partial charge is 0.404 e. The minimum atomic E-state index is -0.745. The summed E-state index contributed by atoms with van der Waals surface area (Å²) in [5, 5.41) is 0. The van der Waals surface area contributed by atoms with E-state index < -0.39 is 12.1 Å². The Hall–Kier alpha value is -3.27. The molecule has 0 radical (unpaired) electrons. The Morgan fingerprint density at radius 3 is 2.42 bits per heavy atom. The van der Waals surface area contributed by atoms with Gasteiger partial charge >= 0.3 is 6.09 Å². The first kappa shape index (κ1) is 24.4. The number of hydrogen-bond donors (Lipinski definition) is 2. The van der Waals surface area contributed by atoms with Crippen molar-refractivity contribution in [3.63, 3.8) is 0 Å². The fourth-order valence-corrected chi connectivity index (χ4v) is 3.40. The summed E-state index contributed by atoms with van der Waals surface area (Å²) in [6, 6.07) is 5.10. The standard InChI is InChI=1S/C21H27N3O4.C2H5NO2/c1-13(22)19-18(21(25)24-9-3-4-10-24)23-20(28-19)15-7-8-16(26-2)17(11-15)27-12-14-5-6-14;1-5-2(3)4/h7-8,11,13-14H,3-6,9-10,12,22H2,1-2H3;1H3,(H2,3,4)/t13-;/m0./s1. The van der Waals surface area contributed by atoms with Crippen molar-refractivity contribution in [1.29, 1.82) is 0 Å². The second kappa shape index (κ2) is 11.0. The van der Waals surface area contributed by atoms with E-state index in [4.69, 9.17) is 19.6 Å². The molecule has 4 rings (SSSR count). The lowest BCUT2D eigenvalue weighted by atomic mass is 10.2. The van der Waals surface area contributed by atoms with E-state index in [0.717, 1.165) is 31.5 Å². The first-order chi connectivity index (χ1) is 15.8. The van der Waals surface area contributed by atoms with Crippen molar-refractivity contribution in [2.24, 2.45) is 17.4 Å². The molecule has 1 atom stereocenters. The Bertz CT molecular complexity index is 964. The Kier molecular flexibility index (Phi) is 8.16. The highest BCUT2D eigenvalue weighted by Crippen LogP contribution is 2.36. The van der Waals surface area contributed by atoms with Gasteiger partial charge in [-0.25, -0.2) is 9.78 Å². The molecular weight excluding hydrogens is 428 g/mol. The molecule has 0 unspecified atom stereocenters. The average molecular weight is 461 g/mol. The molecule has 180 valence electrons. The van der Waals surface area contributed by atoms with Gasteiger partial charge in [0.25, 0.3) is 5.91 Å². The number of likely N-dealkylation sites (tertiary alicyclic amines) is 1. The van der Waals surface area contributed by atoms with E-state index >= 15 is 0 Å². The highest BCUT2D eigenvalue weighted by atomic mass is 16.5. The third-order valence-corrected chi connectivity index (χ3v) is 5.45. The van der Waals surface area contributed by atoms with Crippen LogP contribution in [-0.2, 0) is 4.74 Å². The molecule has 2 aromatic rings. The molecule has 33 heavy (non-hydrogen) atoms. The van der Waals surface area contributed by atoms with Gasteiger partial charge in [0.1, 0.15) is 0 Å². The van der Waals surface area contributed by atoms with Crippen LogP contribution in [0.25, 0.3) is 11.5 Å². The minimum Gasteiger partial charge on any atom is -0.493 e. The van der Waals surface area contributed by atoms with Crippen LogP contribution in [0.1, 0.15) is 54.9 Å². The molecule has 1 aliphatic heterocycles. The van der Waals surface area contributed by atoms with E-state index in [2.05, 4.69) is 15.5 Å². The predicted molar refractivity (Wildman–Crippen MR) is 121 cm³/mol. The predicted octanol–water partition coefficient (Wildman–Crippen LogP) is 3.11. The second-order valence-corrected chi connectivity index (χ2v) is 8.16. The van der Waals surface area contributed by atoms with Crippen LogP contribution in [0, 0.1) is 5.92 Å². The van der Waals surface area contributed by atoms with E-state index in [1.54, 1.807) is 14.0 Å². The molecular formula is C23H32N4O6. The second-order valence-electron chi connectivity index (χ2n) is 8.16. The van der Waals surface area contributed by atoms with Crippen LogP contribution in [0.2, 0.25) is 0 Å². The van der Waals surface area contributed by atoms with Gasteiger partial charge < -0.3 is 35.0 Å². The van der Waals surface area contributed by atoms with Crippen molar-refractivity contribution in [2.45, 2.75) is 38.6 Å². The molecule has 0 bridgehead atoms. The Morgan fingerprint density at radius 2 is 1.88 bits per heavy atom. The SMILES string of the molecule is COC(N)=O.COc1ccc(-c2nc(C(=O)N3CCCC3)c([C@H](C)N)o2)cc1OCC1CC1. The molecule has 2 fully saturated rings. The summed E-state index contributed by atoms with van der Waals surface area (Å²) in [6.07, 6.45) is 3.71. The van der Waals surface area contributed by atoms with E-state index in [1.807, 2.05) is 23.1 Å². The maximum absolute atomic E-state index is 12.9. The number of hydrogen-bond acceptors (Lipinski definition) is 8. The number of oxazole rings is 1. The molecule has 1 saturated carbocycles. The third-order valence-electron chi connectivity index (χ3n) is 5.45. The number of amides is 2. The summed E-state index contributed by atoms with van der Waals surface area (Å²) in [5.74, 6) is 2.62. The fraction of sp³-hybridized carbons (Fsp3) is 0.522. The zero-order chi connectivity index (χ0) is 24.0. The summed E-state index contributed by atoms with van der Waals surface area (Å²) >= 11 is 0. The van der Waals surface area contributed by atoms with Gasteiger partial charge in [0.15, 0.2) is 23.0 Å².